The third-order valence-corrected chi connectivity index (χ3v) is 6.31. The van der Waals surface area contributed by atoms with E-state index in [0.717, 1.165) is 38.9 Å². The first-order chi connectivity index (χ1) is 9.47. The van der Waals surface area contributed by atoms with Crippen LogP contribution in [0.3, 0.4) is 0 Å². The molecule has 0 radical (unpaired) electrons. The van der Waals surface area contributed by atoms with Gasteiger partial charge in [-0.25, -0.2) is 0 Å². The lowest BCUT2D eigenvalue weighted by Crippen LogP contribution is -2.58. The van der Waals surface area contributed by atoms with Gasteiger partial charge < -0.3 is 15.1 Å². The van der Waals surface area contributed by atoms with Gasteiger partial charge in [0.1, 0.15) is 0 Å². The molecule has 0 aromatic rings. The van der Waals surface area contributed by atoms with E-state index in [2.05, 4.69) is 36.3 Å². The molecule has 0 unspecified atom stereocenters. The van der Waals surface area contributed by atoms with E-state index in [1.807, 2.05) is 0 Å². The van der Waals surface area contributed by atoms with Crippen LogP contribution in [0.25, 0.3) is 0 Å². The molecule has 1 amide bonds. The van der Waals surface area contributed by atoms with Gasteiger partial charge in [0, 0.05) is 18.0 Å². The van der Waals surface area contributed by atoms with E-state index in [-0.39, 0.29) is 5.54 Å². The molecule has 3 aliphatic rings. The predicted molar refractivity (Wildman–Crippen MR) is 80.5 cm³/mol. The molecule has 1 aliphatic heterocycles. The van der Waals surface area contributed by atoms with E-state index in [1.54, 1.807) is 0 Å². The van der Waals surface area contributed by atoms with Gasteiger partial charge in [-0.05, 0) is 71.8 Å². The van der Waals surface area contributed by atoms with E-state index >= 15 is 0 Å². The number of nitrogens with one attached hydrogen (secondary N) is 1. The molecule has 1 N–H and O–H groups in total. The van der Waals surface area contributed by atoms with Crippen LogP contribution in [0.2, 0.25) is 0 Å². The zero-order valence-corrected chi connectivity index (χ0v) is 13.2. The van der Waals surface area contributed by atoms with Gasteiger partial charge in [-0.15, -0.1) is 0 Å². The normalized spacial score (nSPS) is 31.1. The second-order valence-corrected chi connectivity index (χ2v) is 7.61. The zero-order chi connectivity index (χ0) is 14.4. The van der Waals surface area contributed by atoms with Crippen LogP contribution in [0, 0.1) is 11.3 Å². The van der Waals surface area contributed by atoms with E-state index in [9.17, 15) is 4.79 Å². The molecule has 1 heterocycles. The summed E-state index contributed by atoms with van der Waals surface area (Å²) in [5, 5.41) is 3.28. The fourth-order valence-electron chi connectivity index (χ4n) is 4.09. The number of likely N-dealkylation sites (N-methyl/N-ethyl adjacent to an activating group) is 1. The minimum Gasteiger partial charge on any atom is -0.354 e. The van der Waals surface area contributed by atoms with Crippen molar-refractivity contribution in [2.24, 2.45) is 11.3 Å². The summed E-state index contributed by atoms with van der Waals surface area (Å²) in [6.45, 7) is 3.07. The Balaban J connectivity index is 1.54. The standard InChI is InChI=1S/C16H29N3O/c1-18(2)16(7-9-19(3)10-8-16)12-17-14(20)13-11-15(13)5-4-6-15/h13H,4-12H2,1-3H3,(H,17,20)/t13-/m1/s1. The van der Waals surface area contributed by atoms with Crippen LogP contribution >= 0.6 is 0 Å². The summed E-state index contributed by atoms with van der Waals surface area (Å²) in [6.07, 6.45) is 7.34. The summed E-state index contributed by atoms with van der Waals surface area (Å²) >= 11 is 0. The molecule has 4 nitrogen and oxygen atoms in total. The molecule has 1 spiro atoms. The number of hydrogen-bond donors (Lipinski definition) is 1. The summed E-state index contributed by atoms with van der Waals surface area (Å²) in [4.78, 5) is 17.1. The Hall–Kier alpha value is -0.610. The van der Waals surface area contributed by atoms with E-state index in [4.69, 9.17) is 0 Å². The molecule has 1 saturated heterocycles. The summed E-state index contributed by atoms with van der Waals surface area (Å²) in [7, 11) is 6.49. The number of likely N-dealkylation sites (tertiary alicyclic amines) is 1. The van der Waals surface area contributed by atoms with Crippen LogP contribution in [0.15, 0.2) is 0 Å². The Kier molecular flexibility index (Phi) is 3.57. The molecule has 2 aliphatic carbocycles. The molecular weight excluding hydrogens is 250 g/mol. The molecule has 4 heteroatoms. The van der Waals surface area contributed by atoms with Gasteiger partial charge in [0.2, 0.25) is 5.91 Å². The van der Waals surface area contributed by atoms with Crippen molar-refractivity contribution in [2.45, 2.75) is 44.1 Å². The van der Waals surface area contributed by atoms with Gasteiger partial charge in [-0.1, -0.05) is 6.42 Å². The van der Waals surface area contributed by atoms with Crippen molar-refractivity contribution < 1.29 is 4.79 Å². The summed E-state index contributed by atoms with van der Waals surface area (Å²) in [6, 6.07) is 0. The molecule has 0 aromatic carbocycles. The second-order valence-electron chi connectivity index (χ2n) is 7.61. The van der Waals surface area contributed by atoms with Gasteiger partial charge in [-0.3, -0.25) is 4.79 Å². The highest BCUT2D eigenvalue weighted by Crippen LogP contribution is 2.65. The molecule has 3 fully saturated rings. The number of carbonyl (C=O) groups excluding carboxylic acids is 1. The highest BCUT2D eigenvalue weighted by atomic mass is 16.2. The van der Waals surface area contributed by atoms with Crippen LogP contribution in [0.1, 0.15) is 38.5 Å². The number of amides is 1. The van der Waals surface area contributed by atoms with Gasteiger partial charge in [0.25, 0.3) is 0 Å². The van der Waals surface area contributed by atoms with Crippen LogP contribution in [0.4, 0.5) is 0 Å². The fourth-order valence-corrected chi connectivity index (χ4v) is 4.09. The Morgan fingerprint density at radius 3 is 2.35 bits per heavy atom. The molecule has 114 valence electrons. The van der Waals surface area contributed by atoms with Crippen molar-refractivity contribution in [3.8, 4) is 0 Å². The zero-order valence-electron chi connectivity index (χ0n) is 13.2. The van der Waals surface area contributed by atoms with Crippen molar-refractivity contribution in [3.05, 3.63) is 0 Å². The monoisotopic (exact) mass is 279 g/mol. The number of carbonyl (C=O) groups is 1. The minimum atomic E-state index is 0.157. The SMILES string of the molecule is CN1CCC(CNC(=O)[C@H]2CC23CCC3)(N(C)C)CC1. The van der Waals surface area contributed by atoms with Gasteiger partial charge in [0.15, 0.2) is 0 Å². The molecule has 0 bridgehead atoms. The molecule has 1 atom stereocenters. The highest BCUT2D eigenvalue weighted by Gasteiger charge is 2.60. The Labute approximate surface area is 122 Å². The van der Waals surface area contributed by atoms with E-state index in [0.29, 0.717) is 17.2 Å². The van der Waals surface area contributed by atoms with Crippen molar-refractivity contribution >= 4 is 5.91 Å². The largest absolute Gasteiger partial charge is 0.354 e. The first kappa shape index (κ1) is 14.3. The Morgan fingerprint density at radius 1 is 1.25 bits per heavy atom. The van der Waals surface area contributed by atoms with Crippen LogP contribution in [-0.2, 0) is 4.79 Å². The maximum Gasteiger partial charge on any atom is 0.223 e. The molecule has 20 heavy (non-hydrogen) atoms. The molecule has 3 rings (SSSR count). The lowest BCUT2D eigenvalue weighted by molar-refractivity contribution is -0.124. The second kappa shape index (κ2) is 4.99. The highest BCUT2D eigenvalue weighted by molar-refractivity contribution is 5.82. The van der Waals surface area contributed by atoms with Crippen molar-refractivity contribution in [2.75, 3.05) is 40.8 Å². The first-order valence-corrected chi connectivity index (χ1v) is 8.11. The number of piperidine rings is 1. The van der Waals surface area contributed by atoms with Crippen molar-refractivity contribution in [1.82, 2.24) is 15.1 Å². The minimum absolute atomic E-state index is 0.157. The predicted octanol–water partition coefficient (Wildman–Crippen LogP) is 1.32. The maximum atomic E-state index is 12.3. The first-order valence-electron chi connectivity index (χ1n) is 8.11. The molecular formula is C16H29N3O. The third kappa shape index (κ3) is 2.37. The van der Waals surface area contributed by atoms with Gasteiger partial charge in [-0.2, -0.15) is 0 Å². The lowest BCUT2D eigenvalue weighted by atomic mass is 9.79. The van der Waals surface area contributed by atoms with Crippen LogP contribution in [0.5, 0.6) is 0 Å². The van der Waals surface area contributed by atoms with Gasteiger partial charge in [0.05, 0.1) is 0 Å². The van der Waals surface area contributed by atoms with Crippen LogP contribution in [-0.4, -0.2) is 62.0 Å². The number of hydrogen-bond acceptors (Lipinski definition) is 3. The summed E-state index contributed by atoms with van der Waals surface area (Å²) in [5.74, 6) is 0.659. The topological polar surface area (TPSA) is 35.6 Å². The molecule has 2 saturated carbocycles. The smallest absolute Gasteiger partial charge is 0.223 e. The summed E-state index contributed by atoms with van der Waals surface area (Å²) in [5.41, 5.74) is 0.603. The summed E-state index contributed by atoms with van der Waals surface area (Å²) < 4.78 is 0. The van der Waals surface area contributed by atoms with Crippen LogP contribution < -0.4 is 5.32 Å². The maximum absolute atomic E-state index is 12.3. The number of nitrogens with zero attached hydrogens (tertiary/aromatic N) is 2. The average molecular weight is 279 g/mol. The lowest BCUT2D eigenvalue weighted by Gasteiger charge is -2.45. The van der Waals surface area contributed by atoms with Crippen molar-refractivity contribution in [3.63, 3.8) is 0 Å². The quantitative estimate of drug-likeness (QED) is 0.843. The van der Waals surface area contributed by atoms with Crippen molar-refractivity contribution in [1.29, 1.82) is 0 Å². The average Bonchev–Trinajstić information content (AvgIpc) is 3.13. The van der Waals surface area contributed by atoms with E-state index in [1.165, 1.54) is 19.3 Å². The molecule has 0 aromatic heterocycles. The Morgan fingerprint density at radius 2 is 1.90 bits per heavy atom. The van der Waals surface area contributed by atoms with E-state index < -0.39 is 0 Å². The number of rotatable bonds is 4. The third-order valence-electron chi connectivity index (χ3n) is 6.31. The Bertz CT molecular complexity index is 381. The van der Waals surface area contributed by atoms with Gasteiger partial charge >= 0.3 is 0 Å². The fraction of sp³-hybridized carbons (Fsp3) is 0.938.